The Morgan fingerprint density at radius 1 is 1.19 bits per heavy atom. The SMILES string of the molecule is CC(C)c1cc2ccn(C)c(=O)c2c(N2CCCCC2)n1. The van der Waals surface area contributed by atoms with Gasteiger partial charge in [0.05, 0.1) is 5.39 Å². The first-order valence-electron chi connectivity index (χ1n) is 7.83. The molecule has 2 aromatic heterocycles. The number of pyridine rings is 2. The van der Waals surface area contributed by atoms with Crippen LogP contribution in [0.5, 0.6) is 0 Å². The molecular weight excluding hydrogens is 262 g/mol. The lowest BCUT2D eigenvalue weighted by molar-refractivity contribution is 0.573. The van der Waals surface area contributed by atoms with Crippen LogP contribution in [0.2, 0.25) is 0 Å². The molecule has 1 fully saturated rings. The van der Waals surface area contributed by atoms with Crippen molar-refractivity contribution in [3.63, 3.8) is 0 Å². The molecule has 0 spiro atoms. The van der Waals surface area contributed by atoms with Crippen molar-refractivity contribution in [3.8, 4) is 0 Å². The highest BCUT2D eigenvalue weighted by Gasteiger charge is 2.19. The number of piperidine rings is 1. The molecule has 0 aliphatic carbocycles. The predicted molar refractivity (Wildman–Crippen MR) is 87.1 cm³/mol. The molecule has 3 heterocycles. The van der Waals surface area contributed by atoms with E-state index in [1.807, 2.05) is 12.3 Å². The second kappa shape index (κ2) is 5.51. The van der Waals surface area contributed by atoms with Crippen LogP contribution in [-0.4, -0.2) is 22.6 Å². The van der Waals surface area contributed by atoms with Crippen LogP contribution in [-0.2, 0) is 7.05 Å². The van der Waals surface area contributed by atoms with Gasteiger partial charge in [-0.15, -0.1) is 0 Å². The van der Waals surface area contributed by atoms with Crippen LogP contribution in [0.25, 0.3) is 10.8 Å². The minimum absolute atomic E-state index is 0.0517. The summed E-state index contributed by atoms with van der Waals surface area (Å²) < 4.78 is 1.65. The molecule has 1 aliphatic heterocycles. The van der Waals surface area contributed by atoms with Gasteiger partial charge in [-0.05, 0) is 42.7 Å². The molecule has 0 aromatic carbocycles. The number of aromatic nitrogens is 2. The third-order valence-corrected chi connectivity index (χ3v) is 4.31. The summed E-state index contributed by atoms with van der Waals surface area (Å²) in [7, 11) is 1.80. The molecule has 4 nitrogen and oxygen atoms in total. The van der Waals surface area contributed by atoms with Crippen molar-refractivity contribution in [1.82, 2.24) is 9.55 Å². The van der Waals surface area contributed by atoms with E-state index in [4.69, 9.17) is 4.98 Å². The number of anilines is 1. The summed E-state index contributed by atoms with van der Waals surface area (Å²) in [5.41, 5.74) is 1.12. The van der Waals surface area contributed by atoms with Crippen molar-refractivity contribution in [2.75, 3.05) is 18.0 Å². The average molecular weight is 285 g/mol. The van der Waals surface area contributed by atoms with Gasteiger partial charge in [-0.2, -0.15) is 0 Å². The van der Waals surface area contributed by atoms with Crippen molar-refractivity contribution in [2.24, 2.45) is 7.05 Å². The average Bonchev–Trinajstić information content (AvgIpc) is 2.50. The number of fused-ring (bicyclic) bond motifs is 1. The Balaban J connectivity index is 2.27. The first kappa shape index (κ1) is 14.1. The van der Waals surface area contributed by atoms with Crippen molar-refractivity contribution in [3.05, 3.63) is 34.4 Å². The normalized spacial score (nSPS) is 15.9. The van der Waals surface area contributed by atoms with Gasteiger partial charge in [0.1, 0.15) is 5.82 Å². The number of hydrogen-bond donors (Lipinski definition) is 0. The van der Waals surface area contributed by atoms with Gasteiger partial charge in [0, 0.05) is 32.0 Å². The van der Waals surface area contributed by atoms with E-state index in [0.717, 1.165) is 35.4 Å². The molecule has 4 heteroatoms. The topological polar surface area (TPSA) is 38.1 Å². The van der Waals surface area contributed by atoms with Crippen LogP contribution >= 0.6 is 0 Å². The van der Waals surface area contributed by atoms with Gasteiger partial charge in [-0.3, -0.25) is 4.79 Å². The maximum Gasteiger partial charge on any atom is 0.261 e. The van der Waals surface area contributed by atoms with Gasteiger partial charge >= 0.3 is 0 Å². The molecule has 1 aliphatic rings. The minimum Gasteiger partial charge on any atom is -0.356 e. The number of rotatable bonds is 2. The zero-order valence-electron chi connectivity index (χ0n) is 13.1. The number of hydrogen-bond acceptors (Lipinski definition) is 3. The Hall–Kier alpha value is -1.84. The quantitative estimate of drug-likeness (QED) is 0.851. The molecule has 0 atom stereocenters. The van der Waals surface area contributed by atoms with Crippen LogP contribution in [0.3, 0.4) is 0 Å². The summed E-state index contributed by atoms with van der Waals surface area (Å²) in [5.74, 6) is 1.25. The molecule has 1 saturated heterocycles. The van der Waals surface area contributed by atoms with Crippen LogP contribution in [0, 0.1) is 0 Å². The first-order valence-corrected chi connectivity index (χ1v) is 7.83. The highest BCUT2D eigenvalue weighted by molar-refractivity contribution is 5.92. The summed E-state index contributed by atoms with van der Waals surface area (Å²) in [4.78, 5) is 19.7. The van der Waals surface area contributed by atoms with E-state index in [-0.39, 0.29) is 5.56 Å². The van der Waals surface area contributed by atoms with Crippen LogP contribution in [0.1, 0.15) is 44.7 Å². The Morgan fingerprint density at radius 2 is 1.90 bits per heavy atom. The van der Waals surface area contributed by atoms with Crippen molar-refractivity contribution in [1.29, 1.82) is 0 Å². The van der Waals surface area contributed by atoms with E-state index in [2.05, 4.69) is 24.8 Å². The molecule has 2 aromatic rings. The molecule has 3 rings (SSSR count). The third-order valence-electron chi connectivity index (χ3n) is 4.31. The Morgan fingerprint density at radius 3 is 2.57 bits per heavy atom. The lowest BCUT2D eigenvalue weighted by Crippen LogP contribution is -2.32. The molecule has 0 saturated carbocycles. The molecular formula is C17H23N3O. The van der Waals surface area contributed by atoms with Gasteiger partial charge in [-0.25, -0.2) is 4.98 Å². The van der Waals surface area contributed by atoms with Gasteiger partial charge in [-0.1, -0.05) is 13.8 Å². The fourth-order valence-corrected chi connectivity index (χ4v) is 2.99. The lowest BCUT2D eigenvalue weighted by atomic mass is 10.0. The third kappa shape index (κ3) is 2.55. The number of nitrogens with zero attached hydrogens (tertiary/aromatic N) is 3. The van der Waals surface area contributed by atoms with Gasteiger partial charge in [0.25, 0.3) is 5.56 Å². The van der Waals surface area contributed by atoms with Gasteiger partial charge in [0.2, 0.25) is 0 Å². The van der Waals surface area contributed by atoms with E-state index in [0.29, 0.717) is 5.92 Å². The van der Waals surface area contributed by atoms with E-state index in [9.17, 15) is 4.79 Å². The maximum atomic E-state index is 12.6. The largest absolute Gasteiger partial charge is 0.356 e. The summed E-state index contributed by atoms with van der Waals surface area (Å²) in [6.45, 7) is 6.30. The highest BCUT2D eigenvalue weighted by atomic mass is 16.1. The fraction of sp³-hybridized carbons (Fsp3) is 0.529. The van der Waals surface area contributed by atoms with Gasteiger partial charge in [0.15, 0.2) is 0 Å². The maximum absolute atomic E-state index is 12.6. The van der Waals surface area contributed by atoms with E-state index in [1.54, 1.807) is 11.6 Å². The Kier molecular flexibility index (Phi) is 3.70. The molecule has 0 radical (unpaired) electrons. The minimum atomic E-state index is 0.0517. The molecule has 112 valence electrons. The summed E-state index contributed by atoms with van der Waals surface area (Å²) in [6, 6.07) is 4.09. The van der Waals surface area contributed by atoms with Gasteiger partial charge < -0.3 is 9.47 Å². The molecule has 0 unspecified atom stereocenters. The molecule has 0 bridgehead atoms. The van der Waals surface area contributed by atoms with E-state index >= 15 is 0 Å². The Labute approximate surface area is 125 Å². The smallest absolute Gasteiger partial charge is 0.261 e. The fourth-order valence-electron chi connectivity index (χ4n) is 2.99. The summed E-state index contributed by atoms with van der Waals surface area (Å²) in [5, 5.41) is 1.78. The monoisotopic (exact) mass is 285 g/mol. The van der Waals surface area contributed by atoms with Crippen molar-refractivity contribution < 1.29 is 0 Å². The second-order valence-electron chi connectivity index (χ2n) is 6.27. The van der Waals surface area contributed by atoms with Crippen molar-refractivity contribution >= 4 is 16.6 Å². The molecule has 0 N–H and O–H groups in total. The predicted octanol–water partition coefficient (Wildman–Crippen LogP) is 3.05. The van der Waals surface area contributed by atoms with E-state index in [1.165, 1.54) is 19.3 Å². The molecule has 0 amide bonds. The van der Waals surface area contributed by atoms with Crippen LogP contribution in [0.4, 0.5) is 5.82 Å². The zero-order chi connectivity index (χ0) is 15.0. The lowest BCUT2D eigenvalue weighted by Gasteiger charge is -2.29. The Bertz CT molecular complexity index is 712. The number of aryl methyl sites for hydroxylation is 1. The van der Waals surface area contributed by atoms with E-state index < -0.39 is 0 Å². The standard InChI is InChI=1S/C17H23N3O/c1-12(2)14-11-13-7-10-19(3)17(21)15(13)16(18-14)20-8-5-4-6-9-20/h7,10-12H,4-6,8-9H2,1-3H3. The van der Waals surface area contributed by atoms with Crippen LogP contribution in [0.15, 0.2) is 23.1 Å². The summed E-state index contributed by atoms with van der Waals surface area (Å²) in [6.07, 6.45) is 5.48. The highest BCUT2D eigenvalue weighted by Crippen LogP contribution is 2.28. The first-order chi connectivity index (χ1) is 10.1. The summed E-state index contributed by atoms with van der Waals surface area (Å²) >= 11 is 0. The second-order valence-corrected chi connectivity index (χ2v) is 6.27. The van der Waals surface area contributed by atoms with Crippen molar-refractivity contribution in [2.45, 2.75) is 39.0 Å². The van der Waals surface area contributed by atoms with Crippen LogP contribution < -0.4 is 10.5 Å². The zero-order valence-corrected chi connectivity index (χ0v) is 13.1. The molecule has 21 heavy (non-hydrogen) atoms.